The molecule has 0 aromatic carbocycles. The van der Waals surface area contributed by atoms with E-state index >= 15 is 0 Å². The van der Waals surface area contributed by atoms with Gasteiger partial charge in [0.25, 0.3) is 0 Å². The largest absolute Gasteiger partial charge is 0.478 e. The van der Waals surface area contributed by atoms with Crippen LogP contribution in [0.4, 0.5) is 0 Å². The van der Waals surface area contributed by atoms with Crippen LogP contribution in [-0.2, 0) is 14.6 Å². The average molecular weight is 219 g/mol. The maximum absolute atomic E-state index is 11.0. The van der Waals surface area contributed by atoms with Crippen LogP contribution >= 0.6 is 0 Å². The molecule has 1 saturated heterocycles. The first kappa shape index (κ1) is 11.2. The fourth-order valence-electron chi connectivity index (χ4n) is 1.30. The Morgan fingerprint density at radius 1 is 1.57 bits per heavy atom. The molecule has 14 heavy (non-hydrogen) atoms. The number of aliphatic carboxylic acids is 1. The van der Waals surface area contributed by atoms with Gasteiger partial charge in [-0.1, -0.05) is 6.58 Å². The van der Waals surface area contributed by atoms with Crippen molar-refractivity contribution in [2.75, 3.05) is 18.1 Å². The summed E-state index contributed by atoms with van der Waals surface area (Å²) in [6.45, 7) is 3.47. The van der Waals surface area contributed by atoms with E-state index < -0.39 is 15.8 Å². The van der Waals surface area contributed by atoms with Crippen LogP contribution in [0.2, 0.25) is 0 Å². The molecule has 1 aliphatic heterocycles. The molecule has 0 amide bonds. The van der Waals surface area contributed by atoms with E-state index in [1.807, 2.05) is 0 Å². The monoisotopic (exact) mass is 219 g/mol. The zero-order valence-corrected chi connectivity index (χ0v) is 8.51. The summed E-state index contributed by atoms with van der Waals surface area (Å²) in [5.41, 5.74) is 0.0503. The topological polar surface area (TPSA) is 83.5 Å². The fraction of sp³-hybridized carbons (Fsp3) is 0.625. The highest BCUT2D eigenvalue weighted by atomic mass is 32.2. The van der Waals surface area contributed by atoms with E-state index in [0.29, 0.717) is 6.42 Å². The lowest BCUT2D eigenvalue weighted by molar-refractivity contribution is -0.132. The Morgan fingerprint density at radius 3 is 2.64 bits per heavy atom. The number of sulfone groups is 1. The van der Waals surface area contributed by atoms with Gasteiger partial charge in [0, 0.05) is 18.2 Å². The normalized spacial score (nSPS) is 24.7. The van der Waals surface area contributed by atoms with Crippen molar-refractivity contribution in [3.8, 4) is 0 Å². The van der Waals surface area contributed by atoms with Gasteiger partial charge in [-0.15, -0.1) is 0 Å². The number of rotatable bonds is 4. The molecule has 0 bridgehead atoms. The van der Waals surface area contributed by atoms with E-state index in [9.17, 15) is 13.2 Å². The maximum atomic E-state index is 11.0. The van der Waals surface area contributed by atoms with Gasteiger partial charge < -0.3 is 10.4 Å². The van der Waals surface area contributed by atoms with E-state index in [0.717, 1.165) is 0 Å². The molecule has 1 heterocycles. The smallest absolute Gasteiger partial charge is 0.332 e. The standard InChI is InChI=1S/C8H13NO4S/c1-6(8(10)11)4-9-7-2-3-14(12,13)5-7/h7,9H,1-5H2,(H,10,11). The summed E-state index contributed by atoms with van der Waals surface area (Å²) in [7, 11) is -2.90. The Bertz CT molecular complexity index is 346. The van der Waals surface area contributed by atoms with Crippen LogP contribution < -0.4 is 5.32 Å². The molecule has 0 aromatic rings. The van der Waals surface area contributed by atoms with Gasteiger partial charge in [0.2, 0.25) is 0 Å². The first-order valence-electron chi connectivity index (χ1n) is 4.25. The molecule has 0 radical (unpaired) electrons. The number of hydrogen-bond acceptors (Lipinski definition) is 4. The molecule has 0 saturated carbocycles. The second kappa shape index (κ2) is 4.10. The summed E-state index contributed by atoms with van der Waals surface area (Å²) in [6, 6.07) is -0.129. The van der Waals surface area contributed by atoms with Crippen LogP contribution in [0.15, 0.2) is 12.2 Å². The summed E-state index contributed by atoms with van der Waals surface area (Å²) in [5.74, 6) is -0.775. The van der Waals surface area contributed by atoms with Crippen LogP contribution in [0.25, 0.3) is 0 Å². The predicted molar refractivity (Wildman–Crippen MR) is 51.8 cm³/mol. The van der Waals surface area contributed by atoms with Gasteiger partial charge in [-0.3, -0.25) is 0 Å². The first-order valence-corrected chi connectivity index (χ1v) is 6.08. The van der Waals surface area contributed by atoms with Crippen molar-refractivity contribution < 1.29 is 18.3 Å². The summed E-state index contributed by atoms with van der Waals surface area (Å²) in [5, 5.41) is 11.4. The van der Waals surface area contributed by atoms with Crippen LogP contribution in [-0.4, -0.2) is 43.6 Å². The molecular formula is C8H13NO4S. The van der Waals surface area contributed by atoms with Crippen LogP contribution in [0.3, 0.4) is 0 Å². The average Bonchev–Trinajstić information content (AvgIpc) is 2.41. The SMILES string of the molecule is C=C(CNC1CCS(=O)(=O)C1)C(=O)O. The highest BCUT2D eigenvalue weighted by molar-refractivity contribution is 7.91. The summed E-state index contributed by atoms with van der Waals surface area (Å²) < 4.78 is 22.1. The number of carboxylic acid groups (broad SMARTS) is 1. The number of hydrogen-bond donors (Lipinski definition) is 2. The summed E-state index contributed by atoms with van der Waals surface area (Å²) in [4.78, 5) is 10.4. The molecule has 0 aromatic heterocycles. The van der Waals surface area contributed by atoms with Gasteiger partial charge in [-0.05, 0) is 6.42 Å². The molecule has 80 valence electrons. The molecule has 1 rings (SSSR count). The van der Waals surface area contributed by atoms with Crippen molar-refractivity contribution in [3.05, 3.63) is 12.2 Å². The lowest BCUT2D eigenvalue weighted by Crippen LogP contribution is -2.32. The van der Waals surface area contributed by atoms with E-state index in [4.69, 9.17) is 5.11 Å². The van der Waals surface area contributed by atoms with Crippen LogP contribution in [0, 0.1) is 0 Å². The molecule has 6 heteroatoms. The first-order chi connectivity index (χ1) is 6.41. The van der Waals surface area contributed by atoms with E-state index in [2.05, 4.69) is 11.9 Å². The number of carbonyl (C=O) groups is 1. The van der Waals surface area contributed by atoms with Crippen molar-refractivity contribution in [1.29, 1.82) is 0 Å². The Hall–Kier alpha value is -0.880. The quantitative estimate of drug-likeness (QED) is 0.617. The molecule has 1 fully saturated rings. The lowest BCUT2D eigenvalue weighted by Gasteiger charge is -2.09. The molecule has 1 atom stereocenters. The highest BCUT2D eigenvalue weighted by Crippen LogP contribution is 2.11. The maximum Gasteiger partial charge on any atom is 0.332 e. The van der Waals surface area contributed by atoms with Crippen molar-refractivity contribution in [3.63, 3.8) is 0 Å². The van der Waals surface area contributed by atoms with E-state index in [1.54, 1.807) is 0 Å². The molecule has 0 aliphatic carbocycles. The summed E-state index contributed by atoms with van der Waals surface area (Å²) >= 11 is 0. The minimum Gasteiger partial charge on any atom is -0.478 e. The molecule has 1 aliphatic rings. The van der Waals surface area contributed by atoms with Gasteiger partial charge in [-0.2, -0.15) is 0 Å². The molecule has 5 nitrogen and oxygen atoms in total. The van der Waals surface area contributed by atoms with E-state index in [1.165, 1.54) is 0 Å². The van der Waals surface area contributed by atoms with Crippen LogP contribution in [0.1, 0.15) is 6.42 Å². The molecule has 2 N–H and O–H groups in total. The lowest BCUT2D eigenvalue weighted by atomic mass is 10.2. The van der Waals surface area contributed by atoms with Gasteiger partial charge in [0.15, 0.2) is 9.84 Å². The van der Waals surface area contributed by atoms with Gasteiger partial charge in [0.05, 0.1) is 11.5 Å². The van der Waals surface area contributed by atoms with E-state index in [-0.39, 0.29) is 29.7 Å². The fourth-order valence-corrected chi connectivity index (χ4v) is 3.01. The molecule has 0 spiro atoms. The molecule has 1 unspecified atom stereocenters. The second-order valence-electron chi connectivity index (χ2n) is 3.39. The third-order valence-corrected chi connectivity index (χ3v) is 3.91. The second-order valence-corrected chi connectivity index (χ2v) is 5.62. The van der Waals surface area contributed by atoms with Crippen molar-refractivity contribution in [1.82, 2.24) is 5.32 Å². The minimum absolute atomic E-state index is 0.0503. The van der Waals surface area contributed by atoms with Gasteiger partial charge >= 0.3 is 5.97 Å². The third kappa shape index (κ3) is 3.12. The van der Waals surface area contributed by atoms with Crippen molar-refractivity contribution >= 4 is 15.8 Å². The number of carboxylic acids is 1. The van der Waals surface area contributed by atoms with Gasteiger partial charge in [0.1, 0.15) is 0 Å². The third-order valence-electron chi connectivity index (χ3n) is 2.14. The molecular weight excluding hydrogens is 206 g/mol. The predicted octanol–water partition coefficient (Wildman–Crippen LogP) is -0.596. The summed E-state index contributed by atoms with van der Waals surface area (Å²) in [6.07, 6.45) is 0.551. The zero-order valence-electron chi connectivity index (χ0n) is 7.69. The minimum atomic E-state index is -2.90. The Balaban J connectivity index is 2.35. The number of nitrogens with one attached hydrogen (secondary N) is 1. The van der Waals surface area contributed by atoms with Crippen molar-refractivity contribution in [2.24, 2.45) is 0 Å². The van der Waals surface area contributed by atoms with Crippen LogP contribution in [0.5, 0.6) is 0 Å². The van der Waals surface area contributed by atoms with Gasteiger partial charge in [-0.25, -0.2) is 13.2 Å². The van der Waals surface area contributed by atoms with Crippen molar-refractivity contribution in [2.45, 2.75) is 12.5 Å². The zero-order chi connectivity index (χ0) is 10.8. The Morgan fingerprint density at radius 2 is 2.21 bits per heavy atom. The highest BCUT2D eigenvalue weighted by Gasteiger charge is 2.27. The Labute approximate surface area is 82.7 Å². The Kier molecular flexibility index (Phi) is 3.28.